The summed E-state index contributed by atoms with van der Waals surface area (Å²) < 4.78 is 18.2. The average Bonchev–Trinajstić information content (AvgIpc) is 2.93. The third kappa shape index (κ3) is 3.16. The van der Waals surface area contributed by atoms with Gasteiger partial charge in [-0.15, -0.1) is 0 Å². The molecule has 8 heteroatoms. The number of aromatic amines is 1. The number of para-hydroxylation sites is 1. The van der Waals surface area contributed by atoms with Crippen molar-refractivity contribution in [2.45, 2.75) is 6.54 Å². The van der Waals surface area contributed by atoms with Gasteiger partial charge in [-0.1, -0.05) is 6.07 Å². The van der Waals surface area contributed by atoms with Gasteiger partial charge in [0.1, 0.15) is 11.4 Å². The van der Waals surface area contributed by atoms with E-state index in [1.165, 1.54) is 25.3 Å². The molecule has 2 rings (SSSR count). The molecule has 1 aromatic heterocycles. The van der Waals surface area contributed by atoms with E-state index in [1.54, 1.807) is 6.07 Å². The normalized spacial score (nSPS) is 10.2. The molecule has 0 bridgehead atoms. The van der Waals surface area contributed by atoms with Crippen LogP contribution in [0.1, 0.15) is 16.2 Å². The summed E-state index contributed by atoms with van der Waals surface area (Å²) in [5, 5.41) is 13.5. The zero-order valence-corrected chi connectivity index (χ0v) is 11.1. The zero-order valence-electron chi connectivity index (χ0n) is 11.1. The van der Waals surface area contributed by atoms with Gasteiger partial charge in [-0.3, -0.25) is 10.1 Å². The molecule has 0 saturated carbocycles. The highest BCUT2D eigenvalue weighted by Crippen LogP contribution is 2.27. The molecule has 110 valence electrons. The van der Waals surface area contributed by atoms with E-state index in [1.807, 2.05) is 0 Å². The molecule has 0 spiro atoms. The molecule has 0 saturated heterocycles. The second-order valence-corrected chi connectivity index (χ2v) is 4.13. The highest BCUT2D eigenvalue weighted by Gasteiger charge is 2.17. The number of methoxy groups -OCH3 is 1. The van der Waals surface area contributed by atoms with Crippen LogP contribution in [0, 0.1) is 15.9 Å². The Kier molecular flexibility index (Phi) is 4.17. The molecule has 0 radical (unpaired) electrons. The zero-order chi connectivity index (χ0) is 15.4. The van der Waals surface area contributed by atoms with Gasteiger partial charge in [0.05, 0.1) is 18.6 Å². The second kappa shape index (κ2) is 6.04. The Hall–Kier alpha value is -2.90. The van der Waals surface area contributed by atoms with Crippen molar-refractivity contribution < 1.29 is 18.8 Å². The molecule has 2 N–H and O–H groups in total. The van der Waals surface area contributed by atoms with E-state index >= 15 is 0 Å². The van der Waals surface area contributed by atoms with Gasteiger partial charge < -0.3 is 15.0 Å². The highest BCUT2D eigenvalue weighted by atomic mass is 19.1. The number of carbonyl (C=O) groups is 1. The summed E-state index contributed by atoms with van der Waals surface area (Å²) in [5.74, 6) is -1.25. The summed E-state index contributed by atoms with van der Waals surface area (Å²) in [6.45, 7) is 0.0960. The van der Waals surface area contributed by atoms with E-state index in [0.29, 0.717) is 5.69 Å². The number of carbonyl (C=O) groups excluding carboxylic acids is 1. The van der Waals surface area contributed by atoms with E-state index in [2.05, 4.69) is 15.0 Å². The van der Waals surface area contributed by atoms with Crippen LogP contribution in [0.15, 0.2) is 30.3 Å². The Balaban J connectivity index is 2.15. The topological polar surface area (TPSA) is 97.3 Å². The third-order valence-electron chi connectivity index (χ3n) is 2.80. The number of aromatic nitrogens is 1. The second-order valence-electron chi connectivity index (χ2n) is 4.13. The maximum atomic E-state index is 13.6. The Labute approximate surface area is 118 Å². The molecular weight excluding hydrogens is 281 g/mol. The molecule has 0 aliphatic rings. The van der Waals surface area contributed by atoms with Gasteiger partial charge in [0, 0.05) is 11.8 Å². The van der Waals surface area contributed by atoms with E-state index in [4.69, 9.17) is 0 Å². The van der Waals surface area contributed by atoms with Gasteiger partial charge >= 0.3 is 5.97 Å². The summed E-state index contributed by atoms with van der Waals surface area (Å²) in [5.41, 5.74) is 0.261. The summed E-state index contributed by atoms with van der Waals surface area (Å²) >= 11 is 0. The first-order valence-corrected chi connectivity index (χ1v) is 5.96. The summed E-state index contributed by atoms with van der Waals surface area (Å²) in [6, 6.07) is 6.72. The lowest BCUT2D eigenvalue weighted by Gasteiger charge is -2.07. The van der Waals surface area contributed by atoms with Crippen molar-refractivity contribution in [2.75, 3.05) is 12.4 Å². The Morgan fingerprint density at radius 2 is 2.19 bits per heavy atom. The lowest BCUT2D eigenvalue weighted by atomic mass is 10.2. The number of nitrogens with zero attached hydrogens (tertiary/aromatic N) is 1. The van der Waals surface area contributed by atoms with Crippen molar-refractivity contribution >= 4 is 17.3 Å². The summed E-state index contributed by atoms with van der Waals surface area (Å²) in [7, 11) is 1.25. The number of hydrogen-bond acceptors (Lipinski definition) is 5. The maximum Gasteiger partial charge on any atom is 0.354 e. The molecule has 0 aliphatic heterocycles. The molecule has 0 fully saturated rings. The van der Waals surface area contributed by atoms with Gasteiger partial charge in [-0.2, -0.15) is 0 Å². The molecule has 0 amide bonds. The van der Waals surface area contributed by atoms with Crippen molar-refractivity contribution in [3.63, 3.8) is 0 Å². The largest absolute Gasteiger partial charge is 0.464 e. The van der Waals surface area contributed by atoms with Gasteiger partial charge in [0.2, 0.25) is 0 Å². The standard InChI is InChI=1S/C13H12FN3O4/c1-21-13(18)10-6-5-8(16-10)7-15-12-9(14)3-2-4-11(12)17(19)20/h2-6,15-16H,7H2,1H3. The van der Waals surface area contributed by atoms with Crippen LogP contribution in [0.2, 0.25) is 0 Å². The fourth-order valence-corrected chi connectivity index (χ4v) is 1.80. The number of rotatable bonds is 5. The molecule has 21 heavy (non-hydrogen) atoms. The third-order valence-corrected chi connectivity index (χ3v) is 2.80. The number of nitrogens with one attached hydrogen (secondary N) is 2. The Morgan fingerprint density at radius 3 is 2.86 bits per heavy atom. The van der Waals surface area contributed by atoms with Crippen LogP contribution in [0.3, 0.4) is 0 Å². The number of nitro groups is 1. The van der Waals surface area contributed by atoms with Gasteiger partial charge in [0.15, 0.2) is 5.82 Å². The molecule has 7 nitrogen and oxygen atoms in total. The van der Waals surface area contributed by atoms with E-state index < -0.39 is 16.7 Å². The SMILES string of the molecule is COC(=O)c1ccc(CNc2c(F)cccc2[N+](=O)[O-])[nH]1. The number of benzene rings is 1. The minimum atomic E-state index is -0.719. The van der Waals surface area contributed by atoms with Crippen molar-refractivity contribution in [1.82, 2.24) is 4.98 Å². The van der Waals surface area contributed by atoms with Crippen LogP contribution >= 0.6 is 0 Å². The quantitative estimate of drug-likeness (QED) is 0.501. The fraction of sp³-hybridized carbons (Fsp3) is 0.154. The number of H-pyrrole nitrogens is 1. The lowest BCUT2D eigenvalue weighted by Crippen LogP contribution is -2.06. The van der Waals surface area contributed by atoms with E-state index in [9.17, 15) is 19.3 Å². The molecule has 1 aromatic carbocycles. The Bertz CT molecular complexity index is 684. The fourth-order valence-electron chi connectivity index (χ4n) is 1.80. The number of nitro benzene ring substituents is 1. The first kappa shape index (κ1) is 14.5. The van der Waals surface area contributed by atoms with Gasteiger partial charge in [-0.25, -0.2) is 9.18 Å². The number of halogens is 1. The smallest absolute Gasteiger partial charge is 0.354 e. The molecule has 0 atom stereocenters. The van der Waals surface area contributed by atoms with Crippen LogP contribution < -0.4 is 5.32 Å². The maximum absolute atomic E-state index is 13.6. The van der Waals surface area contributed by atoms with E-state index in [-0.39, 0.29) is 23.6 Å². The molecule has 0 unspecified atom stereocenters. The van der Waals surface area contributed by atoms with Crippen LogP contribution in [0.25, 0.3) is 0 Å². The first-order chi connectivity index (χ1) is 10.0. The van der Waals surface area contributed by atoms with Crippen LogP contribution in [-0.4, -0.2) is 23.0 Å². The minimum Gasteiger partial charge on any atom is -0.464 e. The van der Waals surface area contributed by atoms with Gasteiger partial charge in [0.25, 0.3) is 5.69 Å². The molecule has 2 aromatic rings. The van der Waals surface area contributed by atoms with Crippen molar-refractivity contribution in [1.29, 1.82) is 0 Å². The average molecular weight is 293 g/mol. The predicted molar refractivity (Wildman–Crippen MR) is 72.5 cm³/mol. The Morgan fingerprint density at radius 1 is 1.43 bits per heavy atom. The number of esters is 1. The molecule has 0 aliphatic carbocycles. The van der Waals surface area contributed by atoms with Crippen molar-refractivity contribution in [3.8, 4) is 0 Å². The summed E-state index contributed by atoms with van der Waals surface area (Å²) in [6.07, 6.45) is 0. The van der Waals surface area contributed by atoms with Crippen molar-refractivity contribution in [2.24, 2.45) is 0 Å². The first-order valence-electron chi connectivity index (χ1n) is 5.96. The van der Waals surface area contributed by atoms with Crippen LogP contribution in [0.4, 0.5) is 15.8 Å². The highest BCUT2D eigenvalue weighted by molar-refractivity contribution is 5.87. The number of ether oxygens (including phenoxy) is 1. The molecular formula is C13H12FN3O4. The minimum absolute atomic E-state index is 0.0960. The number of anilines is 1. The van der Waals surface area contributed by atoms with Gasteiger partial charge in [-0.05, 0) is 18.2 Å². The predicted octanol–water partition coefficient (Wildman–Crippen LogP) is 2.46. The van der Waals surface area contributed by atoms with Crippen LogP contribution in [-0.2, 0) is 11.3 Å². The van der Waals surface area contributed by atoms with Crippen LogP contribution in [0.5, 0.6) is 0 Å². The van der Waals surface area contributed by atoms with E-state index in [0.717, 1.165) is 6.07 Å². The summed E-state index contributed by atoms with van der Waals surface area (Å²) in [4.78, 5) is 24.2. The lowest BCUT2D eigenvalue weighted by molar-refractivity contribution is -0.384. The monoisotopic (exact) mass is 293 g/mol. The molecule has 1 heterocycles. The number of hydrogen-bond donors (Lipinski definition) is 2. The van der Waals surface area contributed by atoms with Crippen molar-refractivity contribution in [3.05, 3.63) is 57.7 Å².